The van der Waals surface area contributed by atoms with Gasteiger partial charge >= 0.3 is 29.6 Å². The van der Waals surface area contributed by atoms with Gasteiger partial charge in [-0.3, -0.25) is 4.79 Å². The summed E-state index contributed by atoms with van der Waals surface area (Å²) in [5.74, 6) is 0.125. The maximum absolute atomic E-state index is 9.08. The molecule has 0 fully saturated rings. The topological polar surface area (TPSA) is 191 Å². The molecule has 1 rings (SSSR count). The molecule has 0 aromatic carbocycles. The summed E-state index contributed by atoms with van der Waals surface area (Å²) in [6, 6.07) is 0. The number of aromatic nitrogens is 3. The summed E-state index contributed by atoms with van der Waals surface area (Å²) in [7, 11) is -4.59. The van der Waals surface area contributed by atoms with Crippen LogP contribution >= 0.6 is 0 Å². The molecule has 0 unspecified atom stereocenters. The first-order valence-corrected chi connectivity index (χ1v) is 4.65. The van der Waals surface area contributed by atoms with Crippen LogP contribution in [0.5, 0.6) is 0 Å². The van der Waals surface area contributed by atoms with Crippen molar-refractivity contribution in [1.82, 2.24) is 15.0 Å². The van der Waals surface area contributed by atoms with Gasteiger partial charge in [0, 0.05) is 0 Å². The smallest absolute Gasteiger partial charge is 0.742 e. The third kappa shape index (κ3) is 9.54. The van der Waals surface area contributed by atoms with Crippen molar-refractivity contribution in [1.29, 1.82) is 0 Å². The minimum Gasteiger partial charge on any atom is -0.742 e. The van der Waals surface area contributed by atoms with Crippen molar-refractivity contribution in [3.63, 3.8) is 0 Å². The van der Waals surface area contributed by atoms with Gasteiger partial charge in [0.2, 0.25) is 23.5 Å². The Balaban J connectivity index is 0. The van der Waals surface area contributed by atoms with E-state index in [0.29, 0.717) is 0 Å². The molecule has 0 bridgehead atoms. The van der Waals surface area contributed by atoms with Gasteiger partial charge in [-0.15, -0.1) is 0 Å². The first kappa shape index (κ1) is 17.4. The van der Waals surface area contributed by atoms with Gasteiger partial charge in [-0.25, -0.2) is 8.42 Å². The fourth-order valence-corrected chi connectivity index (χ4v) is 0.427. The van der Waals surface area contributed by atoms with Crippen molar-refractivity contribution in [2.24, 2.45) is 0 Å². The molecule has 16 heavy (non-hydrogen) atoms. The van der Waals surface area contributed by atoms with Gasteiger partial charge in [0.05, 0.1) is 0 Å². The van der Waals surface area contributed by atoms with Crippen molar-refractivity contribution in [2.75, 3.05) is 17.2 Å². The molecule has 84 valence electrons. The van der Waals surface area contributed by atoms with Crippen LogP contribution in [0.15, 0.2) is 0 Å². The first-order valence-electron chi connectivity index (χ1n) is 3.18. The van der Waals surface area contributed by atoms with E-state index in [-0.39, 0.29) is 47.4 Å². The average molecular weight is 258 g/mol. The third-order valence-electron chi connectivity index (χ3n) is 0.805. The van der Waals surface area contributed by atoms with Gasteiger partial charge in [-0.05, 0) is 0 Å². The molecule has 0 aliphatic carbocycles. The maximum Gasteiger partial charge on any atom is 1.00 e. The summed E-state index contributed by atoms with van der Waals surface area (Å²) in [5.41, 5.74) is 14.8. The fourth-order valence-electron chi connectivity index (χ4n) is 0.427. The molecule has 6 N–H and O–H groups in total. The Morgan fingerprint density at radius 2 is 1.19 bits per heavy atom. The van der Waals surface area contributed by atoms with E-state index in [1.54, 1.807) is 0 Å². The van der Waals surface area contributed by atoms with Crippen LogP contribution < -0.4 is 46.8 Å². The van der Waals surface area contributed by atoms with Crippen molar-refractivity contribution < 1.29 is 47.3 Å². The second-order valence-corrected chi connectivity index (χ2v) is 3.18. The Kier molecular flexibility index (Phi) is 7.93. The Labute approximate surface area is 113 Å². The minimum atomic E-state index is -4.59. The molecule has 0 spiro atoms. The number of nitrogens with two attached hydrogens (primary N) is 3. The Hall–Kier alpha value is -1.01. The van der Waals surface area contributed by atoms with E-state index in [9.17, 15) is 0 Å². The molecule has 12 heteroatoms. The minimum absolute atomic E-state index is 0. The fraction of sp³-hybridized carbons (Fsp3) is 0. The van der Waals surface area contributed by atoms with Crippen LogP contribution in [0.4, 0.5) is 17.8 Å². The number of hydrogen-bond donors (Lipinski definition) is 3. The van der Waals surface area contributed by atoms with Crippen LogP contribution in [-0.2, 0) is 14.9 Å². The van der Waals surface area contributed by atoms with E-state index < -0.39 is 15.7 Å². The molecule has 0 aliphatic rings. The summed E-state index contributed by atoms with van der Waals surface area (Å²) in [6.45, 7) is 0. The van der Waals surface area contributed by atoms with Gasteiger partial charge < -0.3 is 21.8 Å². The zero-order valence-electron chi connectivity index (χ0n) is 8.19. The Bertz CT molecular complexity index is 388. The second-order valence-electron chi connectivity index (χ2n) is 2.00. The molecule has 10 nitrogen and oxygen atoms in total. The van der Waals surface area contributed by atoms with Crippen molar-refractivity contribution in [3.8, 4) is 0 Å². The number of carbonyl (C=O) groups is 1. The van der Waals surface area contributed by atoms with Crippen LogP contribution in [0.25, 0.3) is 0 Å². The third-order valence-corrected chi connectivity index (χ3v) is 1.04. The number of carbonyl (C=O) groups excluding carboxylic acids is 1. The van der Waals surface area contributed by atoms with Gasteiger partial charge in [-0.1, -0.05) is 0 Å². The SMILES string of the molecule is Nc1nc(N)nc(N)n1.O=CS(=O)(=O)[O-].[Na+]. The summed E-state index contributed by atoms with van der Waals surface area (Å²) in [6.07, 6.45) is 0. The van der Waals surface area contributed by atoms with Crippen LogP contribution in [-0.4, -0.2) is 33.5 Å². The van der Waals surface area contributed by atoms with E-state index >= 15 is 0 Å². The quantitative estimate of drug-likeness (QED) is 0.248. The summed E-state index contributed by atoms with van der Waals surface area (Å²) in [5, 5.41) is 0. The van der Waals surface area contributed by atoms with Crippen LogP contribution in [0, 0.1) is 0 Å². The molecule has 1 aromatic heterocycles. The Morgan fingerprint density at radius 1 is 1.00 bits per heavy atom. The predicted molar refractivity (Wildman–Crippen MR) is 49.5 cm³/mol. The summed E-state index contributed by atoms with van der Waals surface area (Å²) in [4.78, 5) is 19.4. The molecule has 0 aliphatic heterocycles. The number of hydrogen-bond acceptors (Lipinski definition) is 10. The van der Waals surface area contributed by atoms with Crippen molar-refractivity contribution >= 4 is 33.6 Å². The molecule has 0 radical (unpaired) electrons. The van der Waals surface area contributed by atoms with E-state index in [4.69, 9.17) is 35.0 Å². The van der Waals surface area contributed by atoms with Crippen molar-refractivity contribution in [2.45, 2.75) is 0 Å². The molecular weight excluding hydrogens is 251 g/mol. The van der Waals surface area contributed by atoms with E-state index in [0.717, 1.165) is 0 Å². The predicted octanol–water partition coefficient (Wildman–Crippen LogP) is -5.66. The molecule has 0 saturated carbocycles. The Morgan fingerprint density at radius 3 is 1.31 bits per heavy atom. The first-order chi connectivity index (χ1) is 6.74. The van der Waals surface area contributed by atoms with Crippen molar-refractivity contribution in [3.05, 3.63) is 0 Å². The average Bonchev–Trinajstić information content (AvgIpc) is 2.01. The molecule has 0 saturated heterocycles. The normalized spacial score (nSPS) is 9.31. The number of rotatable bonds is 1. The van der Waals surface area contributed by atoms with E-state index in [2.05, 4.69) is 15.0 Å². The summed E-state index contributed by atoms with van der Waals surface area (Å²) >= 11 is 0. The van der Waals surface area contributed by atoms with Crippen LogP contribution in [0.1, 0.15) is 0 Å². The zero-order chi connectivity index (χ0) is 12.1. The van der Waals surface area contributed by atoms with E-state index in [1.807, 2.05) is 0 Å². The molecule has 1 heterocycles. The number of nitrogen functional groups attached to an aromatic ring is 3. The largest absolute Gasteiger partial charge is 1.00 e. The van der Waals surface area contributed by atoms with Gasteiger partial charge in [0.15, 0.2) is 10.1 Å². The number of anilines is 3. The standard InChI is InChI=1S/C3H6N6.CH2O4S.Na/c4-1-7-2(5)9-3(6)8-1;2-1-6(3,4)5;/h(H6,4,5,6,7,8,9);1H,(H,3,4,5);/q;;+1/p-1. The van der Waals surface area contributed by atoms with Crippen LogP contribution in [0.2, 0.25) is 0 Å². The van der Waals surface area contributed by atoms with Gasteiger partial charge in [0.1, 0.15) is 0 Å². The molecule has 0 amide bonds. The molecule has 0 atom stereocenters. The van der Waals surface area contributed by atoms with Crippen LogP contribution in [0.3, 0.4) is 0 Å². The van der Waals surface area contributed by atoms with E-state index in [1.165, 1.54) is 0 Å². The molecule has 1 aromatic rings. The monoisotopic (exact) mass is 258 g/mol. The summed E-state index contributed by atoms with van der Waals surface area (Å²) < 4.78 is 27.2. The number of nitrogens with zero attached hydrogens (tertiary/aromatic N) is 3. The maximum atomic E-state index is 9.08. The zero-order valence-corrected chi connectivity index (χ0v) is 11.0. The van der Waals surface area contributed by atoms with Gasteiger partial charge in [0.25, 0.3) is 0 Å². The molecular formula is C4H7N6NaO4S. The van der Waals surface area contributed by atoms with Gasteiger partial charge in [-0.2, -0.15) is 15.0 Å². The second kappa shape index (κ2) is 7.29.